The Bertz CT molecular complexity index is 730. The molecule has 2 aliphatic rings. The van der Waals surface area contributed by atoms with Gasteiger partial charge in [0.05, 0.1) is 0 Å². The van der Waals surface area contributed by atoms with Crippen molar-refractivity contribution < 1.29 is 8.78 Å². The minimum Gasteiger partial charge on any atom is -0.203 e. The van der Waals surface area contributed by atoms with Gasteiger partial charge in [-0.15, -0.1) is 12.3 Å². The molecular formula is C30H44F2. The predicted octanol–water partition coefficient (Wildman–Crippen LogP) is 9.22. The molecule has 178 valence electrons. The van der Waals surface area contributed by atoms with E-state index < -0.39 is 11.6 Å². The highest BCUT2D eigenvalue weighted by Gasteiger charge is 2.32. The molecule has 0 heterocycles. The van der Waals surface area contributed by atoms with Crippen molar-refractivity contribution in [1.82, 2.24) is 0 Å². The van der Waals surface area contributed by atoms with E-state index in [1.165, 1.54) is 51.4 Å². The SMILES string of the molecule is C#CC(CCCCC)Cc1ccc(C2CCC(C3CCC(CCC)CC3)CC2)c(F)c1F. The summed E-state index contributed by atoms with van der Waals surface area (Å²) in [7, 11) is 0. The van der Waals surface area contributed by atoms with Gasteiger partial charge in [-0.3, -0.25) is 0 Å². The number of rotatable bonds is 10. The van der Waals surface area contributed by atoms with Gasteiger partial charge in [0, 0.05) is 5.92 Å². The summed E-state index contributed by atoms with van der Waals surface area (Å²) in [5.74, 6) is 4.28. The Morgan fingerprint density at radius 3 is 2.12 bits per heavy atom. The zero-order valence-corrected chi connectivity index (χ0v) is 20.5. The normalized spacial score (nSPS) is 27.1. The molecule has 0 aliphatic heterocycles. The molecule has 1 aromatic carbocycles. The largest absolute Gasteiger partial charge is 0.203 e. The summed E-state index contributed by atoms with van der Waals surface area (Å²) in [6.45, 7) is 4.45. The molecule has 3 rings (SSSR count). The molecule has 0 radical (unpaired) electrons. The molecule has 2 fully saturated rings. The molecule has 0 aromatic heterocycles. The molecule has 1 aromatic rings. The fraction of sp³-hybridized carbons (Fsp3) is 0.733. The van der Waals surface area contributed by atoms with Gasteiger partial charge in [-0.25, -0.2) is 8.78 Å². The van der Waals surface area contributed by atoms with Crippen LogP contribution in [0.2, 0.25) is 0 Å². The lowest BCUT2D eigenvalue weighted by Crippen LogP contribution is -2.25. The van der Waals surface area contributed by atoms with E-state index in [4.69, 9.17) is 6.42 Å². The fourth-order valence-electron chi connectivity index (χ4n) is 6.49. The first-order valence-corrected chi connectivity index (χ1v) is 13.5. The standard InChI is InChI=1S/C30H44F2/c1-4-7-8-10-22(6-3)21-27-19-20-28(30(32)29(27)31)26-17-15-25(16-18-26)24-13-11-23(9-5-2)12-14-24/h3,19-20,22-26H,4-5,7-18,21H2,1-2H3. The van der Waals surface area contributed by atoms with E-state index in [1.807, 2.05) is 6.07 Å². The lowest BCUT2D eigenvalue weighted by atomic mass is 9.68. The van der Waals surface area contributed by atoms with Crippen LogP contribution in [0.4, 0.5) is 8.78 Å². The molecule has 0 spiro atoms. The van der Waals surface area contributed by atoms with E-state index in [9.17, 15) is 4.39 Å². The van der Waals surface area contributed by atoms with Gasteiger partial charge in [-0.2, -0.15) is 0 Å². The highest BCUT2D eigenvalue weighted by atomic mass is 19.2. The first-order chi connectivity index (χ1) is 15.6. The summed E-state index contributed by atoms with van der Waals surface area (Å²) >= 11 is 0. The Hall–Kier alpha value is -1.36. The average Bonchev–Trinajstić information content (AvgIpc) is 2.82. The second kappa shape index (κ2) is 12.8. The highest BCUT2D eigenvalue weighted by Crippen LogP contribution is 2.45. The molecule has 2 heteroatoms. The zero-order valence-electron chi connectivity index (χ0n) is 20.5. The monoisotopic (exact) mass is 442 g/mol. The molecule has 0 amide bonds. The van der Waals surface area contributed by atoms with Crippen molar-refractivity contribution in [3.8, 4) is 12.3 Å². The number of unbranched alkanes of at least 4 members (excludes halogenated alkanes) is 2. The van der Waals surface area contributed by atoms with Gasteiger partial charge in [-0.05, 0) is 86.2 Å². The Morgan fingerprint density at radius 2 is 1.53 bits per heavy atom. The number of hydrogen-bond acceptors (Lipinski definition) is 0. The van der Waals surface area contributed by atoms with Crippen LogP contribution in [0, 0.1) is 47.6 Å². The fourth-order valence-corrected chi connectivity index (χ4v) is 6.49. The summed E-state index contributed by atoms with van der Waals surface area (Å²) < 4.78 is 30.0. The third kappa shape index (κ3) is 6.59. The van der Waals surface area contributed by atoms with Crippen LogP contribution in [-0.4, -0.2) is 0 Å². The van der Waals surface area contributed by atoms with Gasteiger partial charge in [-0.1, -0.05) is 70.9 Å². The Kier molecular flexibility index (Phi) is 10.1. The first-order valence-electron chi connectivity index (χ1n) is 13.5. The number of hydrogen-bond donors (Lipinski definition) is 0. The second-order valence-electron chi connectivity index (χ2n) is 10.7. The Balaban J connectivity index is 1.54. The van der Waals surface area contributed by atoms with Crippen LogP contribution in [0.3, 0.4) is 0 Å². The zero-order chi connectivity index (χ0) is 22.9. The van der Waals surface area contributed by atoms with Crippen LogP contribution in [0.1, 0.15) is 121 Å². The average molecular weight is 443 g/mol. The molecular weight excluding hydrogens is 398 g/mol. The van der Waals surface area contributed by atoms with Crippen molar-refractivity contribution in [2.45, 2.75) is 116 Å². The van der Waals surface area contributed by atoms with E-state index in [2.05, 4.69) is 19.8 Å². The van der Waals surface area contributed by atoms with Crippen molar-refractivity contribution >= 4 is 0 Å². The van der Waals surface area contributed by atoms with Crippen LogP contribution in [0.25, 0.3) is 0 Å². The summed E-state index contributed by atoms with van der Waals surface area (Å²) in [4.78, 5) is 0. The van der Waals surface area contributed by atoms with Crippen LogP contribution in [0.5, 0.6) is 0 Å². The topological polar surface area (TPSA) is 0 Å². The molecule has 2 aliphatic carbocycles. The van der Waals surface area contributed by atoms with E-state index in [-0.39, 0.29) is 11.8 Å². The molecule has 1 atom stereocenters. The van der Waals surface area contributed by atoms with Crippen LogP contribution >= 0.6 is 0 Å². The van der Waals surface area contributed by atoms with Crippen molar-refractivity contribution in [3.05, 3.63) is 34.9 Å². The Labute approximate surface area is 196 Å². The predicted molar refractivity (Wildman–Crippen MR) is 132 cm³/mol. The van der Waals surface area contributed by atoms with Crippen molar-refractivity contribution in [2.24, 2.45) is 23.7 Å². The third-order valence-electron chi connectivity index (χ3n) is 8.52. The van der Waals surface area contributed by atoms with E-state index >= 15 is 4.39 Å². The minimum atomic E-state index is -0.658. The summed E-state index contributed by atoms with van der Waals surface area (Å²) in [5, 5.41) is 0. The summed E-state index contributed by atoms with van der Waals surface area (Å²) in [6, 6.07) is 3.66. The number of benzene rings is 1. The lowest BCUT2D eigenvalue weighted by Gasteiger charge is -2.38. The molecule has 2 saturated carbocycles. The van der Waals surface area contributed by atoms with E-state index in [0.29, 0.717) is 17.5 Å². The van der Waals surface area contributed by atoms with Gasteiger partial charge in [0.1, 0.15) is 0 Å². The smallest absolute Gasteiger partial charge is 0.162 e. The van der Waals surface area contributed by atoms with Gasteiger partial charge in [0.2, 0.25) is 0 Å². The molecule has 0 saturated heterocycles. The quantitative estimate of drug-likeness (QED) is 0.250. The maximum Gasteiger partial charge on any atom is 0.162 e. The first kappa shape index (κ1) is 25.3. The van der Waals surface area contributed by atoms with Gasteiger partial charge in [0.25, 0.3) is 0 Å². The minimum absolute atomic E-state index is 0.0100. The number of terminal acetylenes is 1. The van der Waals surface area contributed by atoms with Crippen LogP contribution in [0.15, 0.2) is 12.1 Å². The summed E-state index contributed by atoms with van der Waals surface area (Å²) in [5.41, 5.74) is 1.04. The summed E-state index contributed by atoms with van der Waals surface area (Å²) in [6.07, 6.45) is 22.9. The van der Waals surface area contributed by atoms with Gasteiger partial charge < -0.3 is 0 Å². The number of halogens is 2. The maximum atomic E-state index is 15.0. The molecule has 1 unspecified atom stereocenters. The molecule has 0 bridgehead atoms. The van der Waals surface area contributed by atoms with Crippen molar-refractivity contribution in [3.63, 3.8) is 0 Å². The van der Waals surface area contributed by atoms with Gasteiger partial charge in [0.15, 0.2) is 11.6 Å². The van der Waals surface area contributed by atoms with Crippen LogP contribution in [-0.2, 0) is 6.42 Å². The third-order valence-corrected chi connectivity index (χ3v) is 8.52. The van der Waals surface area contributed by atoms with Crippen LogP contribution < -0.4 is 0 Å². The second-order valence-corrected chi connectivity index (χ2v) is 10.7. The van der Waals surface area contributed by atoms with E-state index in [1.54, 1.807) is 6.07 Å². The van der Waals surface area contributed by atoms with Crippen molar-refractivity contribution in [1.29, 1.82) is 0 Å². The maximum absolute atomic E-state index is 15.0. The molecule has 0 nitrogen and oxygen atoms in total. The van der Waals surface area contributed by atoms with Crippen molar-refractivity contribution in [2.75, 3.05) is 0 Å². The Morgan fingerprint density at radius 1 is 0.875 bits per heavy atom. The molecule has 32 heavy (non-hydrogen) atoms. The highest BCUT2D eigenvalue weighted by molar-refractivity contribution is 5.30. The molecule has 0 N–H and O–H groups in total. The lowest BCUT2D eigenvalue weighted by molar-refractivity contribution is 0.156. The van der Waals surface area contributed by atoms with Gasteiger partial charge >= 0.3 is 0 Å². The van der Waals surface area contributed by atoms with E-state index in [0.717, 1.165) is 56.3 Å².